The molecule has 1 aliphatic carbocycles. The van der Waals surface area contributed by atoms with E-state index in [1.54, 1.807) is 0 Å². The first kappa shape index (κ1) is 10.6. The van der Waals surface area contributed by atoms with Crippen LogP contribution in [0.2, 0.25) is 0 Å². The number of rotatable bonds is 2. The smallest absolute Gasteiger partial charge is 0.132 e. The molecule has 2 N–H and O–H groups in total. The van der Waals surface area contributed by atoms with Gasteiger partial charge in [-0.15, -0.1) is 0 Å². The molecule has 1 heterocycles. The minimum Gasteiger partial charge on any atom is -0.325 e. The molecular weight excluding hydrogens is 186 g/mol. The van der Waals surface area contributed by atoms with E-state index in [-0.39, 0.29) is 5.41 Å². The van der Waals surface area contributed by atoms with Crippen molar-refractivity contribution in [2.24, 2.45) is 5.73 Å². The maximum absolute atomic E-state index is 5.66. The predicted octanol–water partition coefficient (Wildman–Crippen LogP) is 2.11. The number of nitrogens with two attached hydrogens (primary N) is 1. The van der Waals surface area contributed by atoms with Gasteiger partial charge in [-0.25, -0.2) is 9.97 Å². The first-order valence-electron chi connectivity index (χ1n) is 5.59. The highest BCUT2D eigenvalue weighted by molar-refractivity contribution is 5.20. The quantitative estimate of drug-likeness (QED) is 0.804. The fraction of sp³-hybridized carbons (Fsp3) is 0.667. The van der Waals surface area contributed by atoms with E-state index < -0.39 is 0 Å². The van der Waals surface area contributed by atoms with Gasteiger partial charge in [0.2, 0.25) is 0 Å². The van der Waals surface area contributed by atoms with Gasteiger partial charge >= 0.3 is 0 Å². The molecule has 1 saturated carbocycles. The van der Waals surface area contributed by atoms with E-state index in [2.05, 4.69) is 30.7 Å². The molecule has 82 valence electrons. The summed E-state index contributed by atoms with van der Waals surface area (Å²) >= 11 is 0. The van der Waals surface area contributed by atoms with E-state index in [1.165, 1.54) is 12.8 Å². The lowest BCUT2D eigenvalue weighted by molar-refractivity contribution is 0.559. The molecular formula is C12H19N3. The fourth-order valence-electron chi connectivity index (χ4n) is 1.53. The van der Waals surface area contributed by atoms with Crippen molar-refractivity contribution in [2.75, 3.05) is 0 Å². The summed E-state index contributed by atoms with van der Waals surface area (Å²) in [5.74, 6) is 1.60. The summed E-state index contributed by atoms with van der Waals surface area (Å²) in [4.78, 5) is 9.14. The monoisotopic (exact) mass is 205 g/mol. The Morgan fingerprint density at radius 1 is 1.33 bits per heavy atom. The molecule has 1 aromatic heterocycles. The molecule has 1 aliphatic rings. The summed E-state index contributed by atoms with van der Waals surface area (Å²) in [6.07, 6.45) is 2.47. The molecule has 1 fully saturated rings. The van der Waals surface area contributed by atoms with Crippen LogP contribution in [0.4, 0.5) is 0 Å². The molecule has 0 radical (unpaired) electrons. The van der Waals surface area contributed by atoms with Gasteiger partial charge in [0, 0.05) is 23.6 Å². The first-order chi connectivity index (χ1) is 7.00. The van der Waals surface area contributed by atoms with Crippen molar-refractivity contribution in [3.05, 3.63) is 23.3 Å². The lowest BCUT2D eigenvalue weighted by atomic mass is 9.91. The van der Waals surface area contributed by atoms with Crippen LogP contribution in [0.5, 0.6) is 0 Å². The van der Waals surface area contributed by atoms with Crippen LogP contribution in [0.1, 0.15) is 56.7 Å². The van der Waals surface area contributed by atoms with Crippen molar-refractivity contribution in [3.63, 3.8) is 0 Å². The molecule has 0 atom stereocenters. The van der Waals surface area contributed by atoms with Gasteiger partial charge in [0.1, 0.15) is 5.82 Å². The average Bonchev–Trinajstić information content (AvgIpc) is 2.99. The average molecular weight is 205 g/mol. The third-order valence-corrected chi connectivity index (χ3v) is 2.72. The Balaban J connectivity index is 2.41. The second-order valence-electron chi connectivity index (χ2n) is 5.33. The van der Waals surface area contributed by atoms with E-state index in [9.17, 15) is 0 Å². The van der Waals surface area contributed by atoms with Crippen LogP contribution in [0.15, 0.2) is 6.07 Å². The van der Waals surface area contributed by atoms with Crippen molar-refractivity contribution in [2.45, 2.75) is 51.5 Å². The summed E-state index contributed by atoms with van der Waals surface area (Å²) in [7, 11) is 0. The zero-order valence-corrected chi connectivity index (χ0v) is 9.75. The minimum absolute atomic E-state index is 0.0799. The largest absolute Gasteiger partial charge is 0.325 e. The number of hydrogen-bond donors (Lipinski definition) is 1. The van der Waals surface area contributed by atoms with Crippen molar-refractivity contribution in [3.8, 4) is 0 Å². The van der Waals surface area contributed by atoms with Crippen LogP contribution in [-0.2, 0) is 12.0 Å². The van der Waals surface area contributed by atoms with Crippen molar-refractivity contribution >= 4 is 0 Å². The Morgan fingerprint density at radius 3 is 2.47 bits per heavy atom. The maximum Gasteiger partial charge on any atom is 0.132 e. The first-order valence-corrected chi connectivity index (χ1v) is 5.59. The molecule has 0 aromatic carbocycles. The van der Waals surface area contributed by atoms with Crippen LogP contribution in [0.3, 0.4) is 0 Å². The topological polar surface area (TPSA) is 51.8 Å². The highest BCUT2D eigenvalue weighted by Crippen LogP contribution is 2.38. The van der Waals surface area contributed by atoms with Gasteiger partial charge in [-0.1, -0.05) is 20.8 Å². The van der Waals surface area contributed by atoms with E-state index in [4.69, 9.17) is 5.73 Å². The van der Waals surface area contributed by atoms with Crippen molar-refractivity contribution in [1.82, 2.24) is 9.97 Å². The molecule has 0 aliphatic heterocycles. The molecule has 0 amide bonds. The Kier molecular flexibility index (Phi) is 2.51. The van der Waals surface area contributed by atoms with E-state index in [0.29, 0.717) is 12.5 Å². The van der Waals surface area contributed by atoms with Gasteiger partial charge < -0.3 is 5.73 Å². The molecule has 3 nitrogen and oxygen atoms in total. The van der Waals surface area contributed by atoms with Gasteiger partial charge in [0.25, 0.3) is 0 Å². The molecule has 1 aromatic rings. The van der Waals surface area contributed by atoms with E-state index in [1.807, 2.05) is 6.07 Å². The second-order valence-corrected chi connectivity index (χ2v) is 5.33. The molecule has 0 unspecified atom stereocenters. The Morgan fingerprint density at radius 2 is 2.00 bits per heavy atom. The molecule has 3 heteroatoms. The molecule has 15 heavy (non-hydrogen) atoms. The zero-order valence-electron chi connectivity index (χ0n) is 9.75. The Bertz CT molecular complexity index is 362. The van der Waals surface area contributed by atoms with Crippen LogP contribution < -0.4 is 5.73 Å². The number of aromatic nitrogens is 2. The van der Waals surface area contributed by atoms with Gasteiger partial charge in [-0.05, 0) is 18.9 Å². The van der Waals surface area contributed by atoms with Gasteiger partial charge in [0.15, 0.2) is 0 Å². The van der Waals surface area contributed by atoms with Crippen LogP contribution in [0.25, 0.3) is 0 Å². The van der Waals surface area contributed by atoms with Crippen molar-refractivity contribution < 1.29 is 0 Å². The van der Waals surface area contributed by atoms with E-state index >= 15 is 0 Å². The molecule has 0 saturated heterocycles. The lowest BCUT2D eigenvalue weighted by Gasteiger charge is -2.19. The zero-order chi connectivity index (χ0) is 11.1. The Hall–Kier alpha value is -0.960. The summed E-state index contributed by atoms with van der Waals surface area (Å²) in [6.45, 7) is 7.02. The highest BCUT2D eigenvalue weighted by atomic mass is 14.9. The molecule has 0 spiro atoms. The summed E-state index contributed by atoms with van der Waals surface area (Å²) in [6, 6.07) is 2.03. The third kappa shape index (κ3) is 2.34. The fourth-order valence-corrected chi connectivity index (χ4v) is 1.53. The predicted molar refractivity (Wildman–Crippen MR) is 60.6 cm³/mol. The SMILES string of the molecule is CC(C)(C)c1cc(CN)nc(C2CC2)n1. The van der Waals surface area contributed by atoms with Gasteiger partial charge in [-0.2, -0.15) is 0 Å². The van der Waals surface area contributed by atoms with Crippen LogP contribution >= 0.6 is 0 Å². The summed E-state index contributed by atoms with van der Waals surface area (Å²) in [5.41, 5.74) is 7.82. The molecule has 0 bridgehead atoms. The van der Waals surface area contributed by atoms with Crippen molar-refractivity contribution in [1.29, 1.82) is 0 Å². The molecule has 2 rings (SSSR count). The van der Waals surface area contributed by atoms with E-state index in [0.717, 1.165) is 17.2 Å². The lowest BCUT2D eigenvalue weighted by Crippen LogP contribution is -2.17. The maximum atomic E-state index is 5.66. The summed E-state index contributed by atoms with van der Waals surface area (Å²) < 4.78 is 0. The normalized spacial score (nSPS) is 16.8. The standard InChI is InChI=1S/C12H19N3/c1-12(2,3)10-6-9(7-13)14-11(15-10)8-4-5-8/h6,8H,4-5,7,13H2,1-3H3. The summed E-state index contributed by atoms with van der Waals surface area (Å²) in [5, 5.41) is 0. The number of nitrogens with zero attached hydrogens (tertiary/aromatic N) is 2. The van der Waals surface area contributed by atoms with Gasteiger partial charge in [0.05, 0.1) is 5.69 Å². The third-order valence-electron chi connectivity index (χ3n) is 2.72. The van der Waals surface area contributed by atoms with Crippen LogP contribution in [-0.4, -0.2) is 9.97 Å². The van der Waals surface area contributed by atoms with Crippen LogP contribution in [0, 0.1) is 0 Å². The number of hydrogen-bond acceptors (Lipinski definition) is 3. The minimum atomic E-state index is 0.0799. The van der Waals surface area contributed by atoms with Gasteiger partial charge in [-0.3, -0.25) is 0 Å². The highest BCUT2D eigenvalue weighted by Gasteiger charge is 2.28. The Labute approximate surface area is 91.1 Å². The second kappa shape index (κ2) is 3.56.